The number of carbonyl (C=O) groups excluding carboxylic acids is 1. The van der Waals surface area contributed by atoms with Gasteiger partial charge in [-0.25, -0.2) is 0 Å². The van der Waals surface area contributed by atoms with Crippen LogP contribution in [0.3, 0.4) is 0 Å². The highest BCUT2D eigenvalue weighted by atomic mass is 16.5. The van der Waals surface area contributed by atoms with Crippen LogP contribution in [0.2, 0.25) is 0 Å². The van der Waals surface area contributed by atoms with Gasteiger partial charge in [-0.3, -0.25) is 4.79 Å². The van der Waals surface area contributed by atoms with Crippen LogP contribution >= 0.6 is 0 Å². The molecule has 4 nitrogen and oxygen atoms in total. The van der Waals surface area contributed by atoms with Crippen molar-refractivity contribution in [2.45, 2.75) is 52.0 Å². The molecule has 0 atom stereocenters. The SMILES string of the molecule is CCC(CC)(CN)NC(=O)CCCOc1cccc(C)c1. The Bertz CT molecular complexity index is 434. The molecule has 0 aliphatic rings. The molecule has 0 radical (unpaired) electrons. The van der Waals surface area contributed by atoms with Crippen molar-refractivity contribution in [1.29, 1.82) is 0 Å². The van der Waals surface area contributed by atoms with Crippen LogP contribution in [0.1, 0.15) is 45.1 Å². The minimum absolute atomic E-state index is 0.0528. The van der Waals surface area contributed by atoms with Crippen molar-refractivity contribution in [3.63, 3.8) is 0 Å². The molecule has 0 saturated carbocycles. The predicted molar refractivity (Wildman–Crippen MR) is 86.4 cm³/mol. The van der Waals surface area contributed by atoms with E-state index in [1.54, 1.807) is 0 Å². The monoisotopic (exact) mass is 292 g/mol. The van der Waals surface area contributed by atoms with E-state index >= 15 is 0 Å². The maximum Gasteiger partial charge on any atom is 0.220 e. The summed E-state index contributed by atoms with van der Waals surface area (Å²) in [6, 6.07) is 7.92. The molecule has 0 bridgehead atoms. The number of aryl methyl sites for hydroxylation is 1. The fourth-order valence-corrected chi connectivity index (χ4v) is 2.25. The zero-order chi connectivity index (χ0) is 15.7. The van der Waals surface area contributed by atoms with E-state index in [0.717, 1.165) is 18.6 Å². The van der Waals surface area contributed by atoms with Crippen molar-refractivity contribution in [3.8, 4) is 5.75 Å². The first-order valence-electron chi connectivity index (χ1n) is 7.75. The van der Waals surface area contributed by atoms with Crippen molar-refractivity contribution < 1.29 is 9.53 Å². The zero-order valence-corrected chi connectivity index (χ0v) is 13.4. The van der Waals surface area contributed by atoms with Crippen molar-refractivity contribution in [3.05, 3.63) is 29.8 Å². The van der Waals surface area contributed by atoms with E-state index in [2.05, 4.69) is 19.2 Å². The Morgan fingerprint density at radius 1 is 1.33 bits per heavy atom. The van der Waals surface area contributed by atoms with Gasteiger partial charge in [-0.05, 0) is 43.9 Å². The lowest BCUT2D eigenvalue weighted by Crippen LogP contribution is -2.52. The number of hydrogen-bond donors (Lipinski definition) is 2. The van der Waals surface area contributed by atoms with Crippen LogP contribution in [0.15, 0.2) is 24.3 Å². The van der Waals surface area contributed by atoms with Gasteiger partial charge in [0.2, 0.25) is 5.91 Å². The molecular weight excluding hydrogens is 264 g/mol. The summed E-state index contributed by atoms with van der Waals surface area (Å²) in [6.45, 7) is 7.16. The highest BCUT2D eigenvalue weighted by Gasteiger charge is 2.25. The second-order valence-electron chi connectivity index (χ2n) is 5.51. The summed E-state index contributed by atoms with van der Waals surface area (Å²) in [5.74, 6) is 0.908. The number of benzene rings is 1. The smallest absolute Gasteiger partial charge is 0.220 e. The standard InChI is InChI=1S/C17H28N2O2/c1-4-17(5-2,13-18)19-16(20)10-7-11-21-15-9-6-8-14(3)12-15/h6,8-9,12H,4-5,7,10-11,13,18H2,1-3H3,(H,19,20). The van der Waals surface area contributed by atoms with E-state index in [0.29, 0.717) is 26.0 Å². The van der Waals surface area contributed by atoms with Gasteiger partial charge in [-0.1, -0.05) is 26.0 Å². The molecule has 0 fully saturated rings. The van der Waals surface area contributed by atoms with Gasteiger partial charge in [-0.2, -0.15) is 0 Å². The van der Waals surface area contributed by atoms with Crippen molar-refractivity contribution in [2.24, 2.45) is 5.73 Å². The quantitative estimate of drug-likeness (QED) is 0.688. The van der Waals surface area contributed by atoms with Crippen molar-refractivity contribution in [2.75, 3.05) is 13.2 Å². The van der Waals surface area contributed by atoms with E-state index in [9.17, 15) is 4.79 Å². The molecule has 0 unspecified atom stereocenters. The Labute approximate surface area is 128 Å². The predicted octanol–water partition coefficient (Wildman–Crippen LogP) is 2.79. The maximum atomic E-state index is 12.0. The second-order valence-corrected chi connectivity index (χ2v) is 5.51. The molecule has 0 spiro atoms. The molecule has 1 rings (SSSR count). The molecule has 1 aromatic rings. The summed E-state index contributed by atoms with van der Waals surface area (Å²) in [5, 5.41) is 3.07. The average Bonchev–Trinajstić information content (AvgIpc) is 2.49. The highest BCUT2D eigenvalue weighted by Crippen LogP contribution is 2.14. The van der Waals surface area contributed by atoms with Gasteiger partial charge in [-0.15, -0.1) is 0 Å². The molecule has 0 aromatic heterocycles. The summed E-state index contributed by atoms with van der Waals surface area (Å²) in [4.78, 5) is 12.0. The molecular formula is C17H28N2O2. The van der Waals surface area contributed by atoms with E-state index in [4.69, 9.17) is 10.5 Å². The molecule has 3 N–H and O–H groups in total. The molecule has 21 heavy (non-hydrogen) atoms. The van der Waals surface area contributed by atoms with Crippen LogP contribution in [0.5, 0.6) is 5.75 Å². The Morgan fingerprint density at radius 3 is 2.62 bits per heavy atom. The maximum absolute atomic E-state index is 12.0. The Morgan fingerprint density at radius 2 is 2.05 bits per heavy atom. The first-order chi connectivity index (χ1) is 10.0. The van der Waals surface area contributed by atoms with Crippen LogP contribution in [-0.4, -0.2) is 24.6 Å². The Balaban J connectivity index is 2.30. The number of amides is 1. The third kappa shape index (κ3) is 5.76. The van der Waals surface area contributed by atoms with E-state index in [1.807, 2.05) is 31.2 Å². The summed E-state index contributed by atoms with van der Waals surface area (Å²) in [5.41, 5.74) is 6.70. The van der Waals surface area contributed by atoms with E-state index in [-0.39, 0.29) is 11.4 Å². The fraction of sp³-hybridized carbons (Fsp3) is 0.588. The summed E-state index contributed by atoms with van der Waals surface area (Å²) in [6.07, 6.45) is 2.87. The van der Waals surface area contributed by atoms with Crippen LogP contribution in [0.4, 0.5) is 0 Å². The van der Waals surface area contributed by atoms with E-state index < -0.39 is 0 Å². The number of nitrogens with one attached hydrogen (secondary N) is 1. The van der Waals surface area contributed by atoms with Gasteiger partial charge in [0.1, 0.15) is 5.75 Å². The third-order valence-corrected chi connectivity index (χ3v) is 3.96. The van der Waals surface area contributed by atoms with Crippen molar-refractivity contribution in [1.82, 2.24) is 5.32 Å². The minimum atomic E-state index is -0.255. The lowest BCUT2D eigenvalue weighted by Gasteiger charge is -2.31. The van der Waals surface area contributed by atoms with Crippen molar-refractivity contribution >= 4 is 5.91 Å². The number of nitrogens with two attached hydrogens (primary N) is 1. The fourth-order valence-electron chi connectivity index (χ4n) is 2.25. The van der Waals surface area contributed by atoms with Gasteiger partial charge in [0.05, 0.1) is 12.1 Å². The Hall–Kier alpha value is -1.55. The molecule has 1 amide bonds. The normalized spacial score (nSPS) is 11.2. The Kier molecular flexibility index (Phi) is 7.23. The lowest BCUT2D eigenvalue weighted by molar-refractivity contribution is -0.123. The first-order valence-corrected chi connectivity index (χ1v) is 7.75. The average molecular weight is 292 g/mol. The van der Waals surface area contributed by atoms with Gasteiger partial charge in [0.25, 0.3) is 0 Å². The largest absolute Gasteiger partial charge is 0.494 e. The number of carbonyl (C=O) groups is 1. The minimum Gasteiger partial charge on any atom is -0.494 e. The molecule has 118 valence electrons. The van der Waals surface area contributed by atoms with Crippen LogP contribution < -0.4 is 15.8 Å². The van der Waals surface area contributed by atoms with Gasteiger partial charge < -0.3 is 15.8 Å². The molecule has 0 heterocycles. The molecule has 0 aliphatic heterocycles. The third-order valence-electron chi connectivity index (χ3n) is 3.96. The number of rotatable bonds is 9. The number of hydrogen-bond acceptors (Lipinski definition) is 3. The molecule has 0 saturated heterocycles. The van der Waals surface area contributed by atoms with Crippen LogP contribution in [0.25, 0.3) is 0 Å². The van der Waals surface area contributed by atoms with Crippen LogP contribution in [0, 0.1) is 6.92 Å². The molecule has 1 aromatic carbocycles. The summed E-state index contributed by atoms with van der Waals surface area (Å²) < 4.78 is 5.64. The second kappa shape index (κ2) is 8.67. The highest BCUT2D eigenvalue weighted by molar-refractivity contribution is 5.76. The van der Waals surface area contributed by atoms with Gasteiger partial charge in [0.15, 0.2) is 0 Å². The molecule has 4 heteroatoms. The van der Waals surface area contributed by atoms with Gasteiger partial charge >= 0.3 is 0 Å². The van der Waals surface area contributed by atoms with E-state index in [1.165, 1.54) is 5.56 Å². The number of ether oxygens (including phenoxy) is 1. The first kappa shape index (κ1) is 17.5. The lowest BCUT2D eigenvalue weighted by atomic mass is 9.92. The summed E-state index contributed by atoms with van der Waals surface area (Å²) in [7, 11) is 0. The topological polar surface area (TPSA) is 64.3 Å². The van der Waals surface area contributed by atoms with Crippen LogP contribution in [-0.2, 0) is 4.79 Å². The summed E-state index contributed by atoms with van der Waals surface area (Å²) >= 11 is 0. The zero-order valence-electron chi connectivity index (χ0n) is 13.4. The van der Waals surface area contributed by atoms with Gasteiger partial charge in [0, 0.05) is 13.0 Å². The molecule has 0 aliphatic carbocycles.